The second-order valence-electron chi connectivity index (χ2n) is 11.2. The number of aromatic carboxylic acids is 1. The van der Waals surface area contributed by atoms with E-state index in [4.69, 9.17) is 19.7 Å². The SMILES string of the molecule is CC(c1nc2ccc(C(=O)O)nc2n1C[C@@H]1CCO1)N1CCN(c2cc(C(F)(F)F)cc(OCc3ccc(C#N)cc3F)n2)CC1. The van der Waals surface area contributed by atoms with E-state index in [1.165, 1.54) is 18.2 Å². The number of ether oxygens (including phenoxy) is 2. The number of imidazole rings is 1. The number of rotatable bonds is 9. The molecule has 6 rings (SSSR count). The molecule has 5 heterocycles. The van der Waals surface area contributed by atoms with E-state index in [1.807, 2.05) is 17.6 Å². The number of carbonyl (C=O) groups is 1. The molecule has 11 nitrogen and oxygen atoms in total. The number of hydrogen-bond acceptors (Lipinski definition) is 9. The molecule has 3 aromatic heterocycles. The summed E-state index contributed by atoms with van der Waals surface area (Å²) in [6, 6.07) is 10.2. The lowest BCUT2D eigenvalue weighted by molar-refractivity contribution is -0.137. The van der Waals surface area contributed by atoms with E-state index in [9.17, 15) is 27.5 Å². The topological polar surface area (TPSA) is 130 Å². The van der Waals surface area contributed by atoms with Crippen molar-refractivity contribution in [3.8, 4) is 11.9 Å². The van der Waals surface area contributed by atoms with E-state index in [0.29, 0.717) is 56.3 Å². The highest BCUT2D eigenvalue weighted by Gasteiger charge is 2.34. The molecule has 2 saturated heterocycles. The molecule has 0 aliphatic carbocycles. The second kappa shape index (κ2) is 12.5. The van der Waals surface area contributed by atoms with Crippen molar-refractivity contribution in [2.45, 2.75) is 44.8 Å². The van der Waals surface area contributed by atoms with Crippen molar-refractivity contribution in [3.63, 3.8) is 0 Å². The van der Waals surface area contributed by atoms with Crippen LogP contribution in [0, 0.1) is 17.1 Å². The number of alkyl halides is 3. The third-order valence-corrected chi connectivity index (χ3v) is 8.25. The van der Waals surface area contributed by atoms with Gasteiger partial charge >= 0.3 is 12.1 Å². The lowest BCUT2D eigenvalue weighted by atomic mass is 10.1. The van der Waals surface area contributed by atoms with Gasteiger partial charge in [-0.3, -0.25) is 4.90 Å². The lowest BCUT2D eigenvalue weighted by Gasteiger charge is -2.38. The van der Waals surface area contributed by atoms with Crippen molar-refractivity contribution in [2.24, 2.45) is 0 Å². The Labute approximate surface area is 260 Å². The molecule has 0 bridgehead atoms. The van der Waals surface area contributed by atoms with Crippen LogP contribution in [0.2, 0.25) is 0 Å². The van der Waals surface area contributed by atoms with Gasteiger partial charge in [0, 0.05) is 44.4 Å². The van der Waals surface area contributed by atoms with Crippen molar-refractivity contribution < 1.29 is 36.9 Å². The Hall–Kier alpha value is -4.81. The summed E-state index contributed by atoms with van der Waals surface area (Å²) in [5.74, 6) is -1.37. The maximum atomic E-state index is 14.3. The van der Waals surface area contributed by atoms with Crippen LogP contribution in [0.5, 0.6) is 5.88 Å². The number of carboxylic acids is 1. The average Bonchev–Trinajstić information content (AvgIpc) is 3.38. The number of anilines is 1. The molecule has 1 aromatic carbocycles. The van der Waals surface area contributed by atoms with Crippen molar-refractivity contribution in [2.75, 3.05) is 37.7 Å². The summed E-state index contributed by atoms with van der Waals surface area (Å²) < 4.78 is 68.9. The number of piperazine rings is 1. The number of hydrogen-bond donors (Lipinski definition) is 1. The molecular formula is C31H29F4N7O4. The third kappa shape index (κ3) is 6.44. The molecule has 2 fully saturated rings. The van der Waals surface area contributed by atoms with Crippen LogP contribution in [-0.2, 0) is 24.1 Å². The second-order valence-corrected chi connectivity index (χ2v) is 11.2. The highest BCUT2D eigenvalue weighted by atomic mass is 19.4. The minimum absolute atomic E-state index is 0.0349. The predicted octanol–water partition coefficient (Wildman–Crippen LogP) is 4.81. The summed E-state index contributed by atoms with van der Waals surface area (Å²) in [5.41, 5.74) is 0.178. The minimum Gasteiger partial charge on any atom is -0.477 e. The normalized spacial score (nSPS) is 17.8. The first-order valence-electron chi connectivity index (χ1n) is 14.6. The first kappa shape index (κ1) is 31.2. The summed E-state index contributed by atoms with van der Waals surface area (Å²) >= 11 is 0. The van der Waals surface area contributed by atoms with E-state index >= 15 is 0 Å². The van der Waals surface area contributed by atoms with Crippen molar-refractivity contribution >= 4 is 23.0 Å². The molecule has 4 aromatic rings. The van der Waals surface area contributed by atoms with Gasteiger partial charge in [-0.15, -0.1) is 0 Å². The quantitative estimate of drug-likeness (QED) is 0.255. The van der Waals surface area contributed by atoms with Gasteiger partial charge in [0.05, 0.1) is 35.9 Å². The molecule has 1 N–H and O–H groups in total. The standard InChI is InChI=1S/C31H29F4N7O4/c1-18(28-37-24-4-5-25(30(43)44)38-29(24)42(28)16-22-6-11-45-22)40-7-9-41(10-8-40)26-13-21(31(33,34)35)14-27(39-26)46-17-20-3-2-19(15-36)12-23(20)32/h2-5,12-14,18,22H,6-11,16-17H2,1H3,(H,43,44)/t18?,22-/m0/s1. The number of carboxylic acid groups (broad SMARTS) is 1. The summed E-state index contributed by atoms with van der Waals surface area (Å²) in [6.45, 7) is 4.39. The molecule has 46 heavy (non-hydrogen) atoms. The molecule has 15 heteroatoms. The van der Waals surface area contributed by atoms with Gasteiger partial charge < -0.3 is 24.0 Å². The summed E-state index contributed by atoms with van der Waals surface area (Å²) in [6.07, 6.45) is -3.83. The Balaban J connectivity index is 1.20. The van der Waals surface area contributed by atoms with Crippen molar-refractivity contribution in [3.05, 3.63) is 76.5 Å². The number of pyridine rings is 2. The first-order valence-corrected chi connectivity index (χ1v) is 14.6. The van der Waals surface area contributed by atoms with E-state index in [1.54, 1.807) is 11.0 Å². The van der Waals surface area contributed by atoms with Gasteiger partial charge in [0.2, 0.25) is 5.88 Å². The van der Waals surface area contributed by atoms with Gasteiger partial charge in [0.25, 0.3) is 0 Å². The Morgan fingerprint density at radius 3 is 2.52 bits per heavy atom. The Morgan fingerprint density at radius 1 is 1.13 bits per heavy atom. The van der Waals surface area contributed by atoms with Crippen LogP contribution in [-0.4, -0.2) is 74.4 Å². The zero-order chi connectivity index (χ0) is 32.6. The van der Waals surface area contributed by atoms with Crippen molar-refractivity contribution in [1.29, 1.82) is 5.26 Å². The fourth-order valence-corrected chi connectivity index (χ4v) is 5.55. The van der Waals surface area contributed by atoms with Gasteiger partial charge in [0.15, 0.2) is 11.3 Å². The lowest BCUT2D eigenvalue weighted by Crippen LogP contribution is -2.48. The first-order chi connectivity index (χ1) is 22.0. The predicted molar refractivity (Wildman–Crippen MR) is 156 cm³/mol. The molecule has 2 aliphatic rings. The van der Waals surface area contributed by atoms with Crippen LogP contribution < -0.4 is 9.64 Å². The smallest absolute Gasteiger partial charge is 0.416 e. The van der Waals surface area contributed by atoms with Gasteiger partial charge in [-0.25, -0.2) is 19.2 Å². The number of fused-ring (bicyclic) bond motifs is 1. The van der Waals surface area contributed by atoms with Crippen LogP contribution in [0.3, 0.4) is 0 Å². The third-order valence-electron chi connectivity index (χ3n) is 8.25. The van der Waals surface area contributed by atoms with E-state index in [2.05, 4.69) is 14.9 Å². The fourth-order valence-electron chi connectivity index (χ4n) is 5.55. The van der Waals surface area contributed by atoms with Gasteiger partial charge in [-0.1, -0.05) is 6.07 Å². The largest absolute Gasteiger partial charge is 0.477 e. The van der Waals surface area contributed by atoms with E-state index in [-0.39, 0.29) is 47.3 Å². The molecular weight excluding hydrogens is 610 g/mol. The molecule has 240 valence electrons. The number of nitrogens with zero attached hydrogens (tertiary/aromatic N) is 7. The van der Waals surface area contributed by atoms with Crippen LogP contribution in [0.15, 0.2) is 42.5 Å². The molecule has 2 aliphatic heterocycles. The average molecular weight is 640 g/mol. The molecule has 0 saturated carbocycles. The van der Waals surface area contributed by atoms with Gasteiger partial charge in [0.1, 0.15) is 29.6 Å². The molecule has 1 unspecified atom stereocenters. The van der Waals surface area contributed by atoms with Crippen LogP contribution in [0.1, 0.15) is 52.4 Å². The molecule has 2 atom stereocenters. The number of aromatic nitrogens is 4. The van der Waals surface area contributed by atoms with Crippen LogP contribution in [0.4, 0.5) is 23.4 Å². The summed E-state index contributed by atoms with van der Waals surface area (Å²) in [4.78, 5) is 28.9. The number of benzene rings is 1. The molecule has 0 amide bonds. The van der Waals surface area contributed by atoms with Crippen LogP contribution in [0.25, 0.3) is 11.2 Å². The zero-order valence-electron chi connectivity index (χ0n) is 24.7. The number of halogens is 4. The highest BCUT2D eigenvalue weighted by molar-refractivity contribution is 5.88. The number of nitriles is 1. The molecule has 0 spiro atoms. The summed E-state index contributed by atoms with van der Waals surface area (Å²) in [7, 11) is 0. The maximum absolute atomic E-state index is 14.3. The van der Waals surface area contributed by atoms with Crippen LogP contribution >= 0.6 is 0 Å². The van der Waals surface area contributed by atoms with Gasteiger partial charge in [-0.2, -0.15) is 23.4 Å². The molecule has 0 radical (unpaired) electrons. The fraction of sp³-hybridized carbons (Fsp3) is 0.387. The zero-order valence-corrected chi connectivity index (χ0v) is 24.7. The van der Waals surface area contributed by atoms with Crippen molar-refractivity contribution in [1.82, 2.24) is 24.4 Å². The van der Waals surface area contributed by atoms with E-state index < -0.39 is 23.5 Å². The summed E-state index contributed by atoms with van der Waals surface area (Å²) in [5, 5.41) is 18.4. The van der Waals surface area contributed by atoms with Gasteiger partial charge in [-0.05, 0) is 43.7 Å². The Bertz CT molecular complexity index is 1810. The minimum atomic E-state index is -4.66. The Morgan fingerprint density at radius 2 is 1.89 bits per heavy atom. The Kier molecular flexibility index (Phi) is 8.49. The monoisotopic (exact) mass is 639 g/mol. The highest BCUT2D eigenvalue weighted by Crippen LogP contribution is 2.35. The maximum Gasteiger partial charge on any atom is 0.416 e. The van der Waals surface area contributed by atoms with E-state index in [0.717, 1.165) is 24.6 Å².